The van der Waals surface area contributed by atoms with E-state index in [2.05, 4.69) is 0 Å². The number of benzene rings is 2. The Morgan fingerprint density at radius 2 is 1.79 bits per heavy atom. The van der Waals surface area contributed by atoms with Crippen LogP contribution in [0.3, 0.4) is 0 Å². The molecule has 1 N–H and O–H groups in total. The largest absolute Gasteiger partial charge is 0.452 e. The van der Waals surface area contributed by atoms with Gasteiger partial charge < -0.3 is 24.1 Å². The van der Waals surface area contributed by atoms with E-state index in [0.717, 1.165) is 11.3 Å². The summed E-state index contributed by atoms with van der Waals surface area (Å²) in [5.41, 5.74) is 0.794. The smallest absolute Gasteiger partial charge is 0.338 e. The molecule has 2 aromatic rings. The summed E-state index contributed by atoms with van der Waals surface area (Å²) in [5.74, 6) is 0.257. The maximum absolute atomic E-state index is 12.6. The Morgan fingerprint density at radius 3 is 2.48 bits per heavy atom. The van der Waals surface area contributed by atoms with Crippen LogP contribution >= 0.6 is 11.8 Å². The lowest BCUT2D eigenvalue weighted by Crippen LogP contribution is -2.62. The number of hydrogen-bond donors (Lipinski definition) is 1. The molecule has 0 bridgehead atoms. The van der Waals surface area contributed by atoms with Gasteiger partial charge in [0.05, 0.1) is 12.2 Å². The molecule has 2 aromatic carbocycles. The highest BCUT2D eigenvalue weighted by molar-refractivity contribution is 7.99. The summed E-state index contributed by atoms with van der Waals surface area (Å²) in [6, 6.07) is 18.3. The quantitative estimate of drug-likeness (QED) is 0.751. The molecule has 2 fully saturated rings. The van der Waals surface area contributed by atoms with Crippen LogP contribution in [0, 0.1) is 0 Å². The van der Waals surface area contributed by atoms with Gasteiger partial charge in [0.2, 0.25) is 0 Å². The van der Waals surface area contributed by atoms with Crippen LogP contribution < -0.4 is 0 Å². The molecule has 2 saturated heterocycles. The Kier molecular flexibility index (Phi) is 6.52. The molecule has 29 heavy (non-hydrogen) atoms. The fraction of sp³-hybridized carbons (Fsp3) is 0.409. The predicted octanol–water partition coefficient (Wildman–Crippen LogP) is 3.17. The van der Waals surface area contributed by atoms with E-state index in [1.165, 1.54) is 11.8 Å². The summed E-state index contributed by atoms with van der Waals surface area (Å²) < 4.78 is 23.7. The zero-order valence-electron chi connectivity index (χ0n) is 16.0. The molecule has 2 unspecified atom stereocenters. The van der Waals surface area contributed by atoms with Crippen molar-refractivity contribution in [3.05, 3.63) is 71.8 Å². The minimum Gasteiger partial charge on any atom is -0.452 e. The number of aliphatic hydroxyl groups is 1. The number of fused-ring (bicyclic) bond motifs is 1. The van der Waals surface area contributed by atoms with Crippen LogP contribution in [0.5, 0.6) is 0 Å². The average molecular weight is 416 g/mol. The first-order valence-corrected chi connectivity index (χ1v) is 10.8. The first-order chi connectivity index (χ1) is 14.2. The van der Waals surface area contributed by atoms with E-state index in [9.17, 15) is 9.90 Å². The molecule has 2 heterocycles. The van der Waals surface area contributed by atoms with Gasteiger partial charge in [-0.3, -0.25) is 0 Å². The van der Waals surface area contributed by atoms with Gasteiger partial charge in [-0.15, -0.1) is 11.8 Å². The van der Waals surface area contributed by atoms with E-state index in [-0.39, 0.29) is 0 Å². The molecule has 0 amide bonds. The summed E-state index contributed by atoms with van der Waals surface area (Å²) in [7, 11) is 0. The minimum atomic E-state index is -1.03. The average Bonchev–Trinajstić information content (AvgIpc) is 2.77. The third-order valence-electron chi connectivity index (χ3n) is 4.96. The van der Waals surface area contributed by atoms with E-state index in [1.54, 1.807) is 24.3 Å². The van der Waals surface area contributed by atoms with Crippen molar-refractivity contribution >= 4 is 17.7 Å². The first kappa shape index (κ1) is 20.4. The van der Waals surface area contributed by atoms with Crippen LogP contribution in [0.1, 0.15) is 29.1 Å². The molecular formula is C22H24O6S. The first-order valence-electron chi connectivity index (χ1n) is 9.70. The van der Waals surface area contributed by atoms with Crippen molar-refractivity contribution in [2.24, 2.45) is 0 Å². The number of carbonyl (C=O) groups excluding carboxylic acids is 1. The molecule has 2 aliphatic rings. The number of rotatable bonds is 5. The highest BCUT2D eigenvalue weighted by Crippen LogP contribution is 2.38. The van der Waals surface area contributed by atoms with E-state index in [0.29, 0.717) is 12.2 Å². The zero-order chi connectivity index (χ0) is 20.2. The predicted molar refractivity (Wildman–Crippen MR) is 108 cm³/mol. The molecule has 0 spiro atoms. The van der Waals surface area contributed by atoms with Gasteiger partial charge in [0, 0.05) is 5.56 Å². The van der Waals surface area contributed by atoms with Gasteiger partial charge in [-0.1, -0.05) is 55.5 Å². The number of hydrogen-bond acceptors (Lipinski definition) is 7. The lowest BCUT2D eigenvalue weighted by atomic mass is 9.98. The number of ether oxygens (including phenoxy) is 4. The molecule has 0 aromatic heterocycles. The number of esters is 1. The summed E-state index contributed by atoms with van der Waals surface area (Å²) in [4.78, 5) is 12.6. The maximum Gasteiger partial charge on any atom is 0.338 e. The summed E-state index contributed by atoms with van der Waals surface area (Å²) in [6.45, 7) is 2.28. The molecular weight excluding hydrogens is 392 g/mol. The number of thioether (sulfide) groups is 1. The van der Waals surface area contributed by atoms with Gasteiger partial charge in [-0.05, 0) is 17.9 Å². The molecule has 154 valence electrons. The van der Waals surface area contributed by atoms with Crippen LogP contribution in [0.15, 0.2) is 60.7 Å². The summed E-state index contributed by atoms with van der Waals surface area (Å²) in [6.07, 6.45) is -3.56. The molecule has 0 radical (unpaired) electrons. The number of aliphatic hydroxyl groups excluding tert-OH is 1. The SMILES string of the molecule is CCSC1O[C@@H]2COC(c3ccccc3)O[C@H]2[C@H](O)[C@@H]1OC(=O)c1ccccc1. The highest BCUT2D eigenvalue weighted by Gasteiger charge is 2.51. The Morgan fingerprint density at radius 1 is 1.10 bits per heavy atom. The third-order valence-corrected chi connectivity index (χ3v) is 6.01. The van der Waals surface area contributed by atoms with Crippen molar-refractivity contribution in [1.82, 2.24) is 0 Å². The van der Waals surface area contributed by atoms with E-state index < -0.39 is 42.1 Å². The maximum atomic E-state index is 12.6. The van der Waals surface area contributed by atoms with Crippen molar-refractivity contribution in [3.8, 4) is 0 Å². The van der Waals surface area contributed by atoms with Crippen molar-refractivity contribution in [2.75, 3.05) is 12.4 Å². The lowest BCUT2D eigenvalue weighted by molar-refractivity contribution is -0.317. The van der Waals surface area contributed by atoms with Crippen LogP contribution in [-0.2, 0) is 18.9 Å². The van der Waals surface area contributed by atoms with Crippen molar-refractivity contribution in [3.63, 3.8) is 0 Å². The van der Waals surface area contributed by atoms with Gasteiger partial charge >= 0.3 is 5.97 Å². The topological polar surface area (TPSA) is 74.2 Å². The van der Waals surface area contributed by atoms with Crippen molar-refractivity contribution in [1.29, 1.82) is 0 Å². The van der Waals surface area contributed by atoms with Gasteiger partial charge in [-0.2, -0.15) is 0 Å². The minimum absolute atomic E-state index is 0.293. The van der Waals surface area contributed by atoms with Crippen LogP contribution in [-0.4, -0.2) is 53.3 Å². The summed E-state index contributed by atoms with van der Waals surface area (Å²) in [5, 5.41) is 11.1. The number of carbonyl (C=O) groups is 1. The Bertz CT molecular complexity index is 801. The van der Waals surface area contributed by atoms with E-state index >= 15 is 0 Å². The van der Waals surface area contributed by atoms with Crippen molar-refractivity contribution in [2.45, 2.75) is 43.1 Å². The standard InChI is InChI=1S/C22H24O6S/c1-2-29-22-19(27-20(24)14-9-5-3-6-10-14)17(23)18-16(26-22)13-25-21(28-18)15-11-7-4-8-12-15/h3-12,16-19,21-23H,2,13H2,1H3/t16-,17+,18-,19+,21?,22?/m1/s1. The van der Waals surface area contributed by atoms with Gasteiger partial charge in [0.15, 0.2) is 12.4 Å². The highest BCUT2D eigenvalue weighted by atomic mass is 32.2. The second-order valence-electron chi connectivity index (χ2n) is 6.90. The lowest BCUT2D eigenvalue weighted by Gasteiger charge is -2.47. The fourth-order valence-corrected chi connectivity index (χ4v) is 4.49. The van der Waals surface area contributed by atoms with E-state index in [1.807, 2.05) is 43.3 Å². The van der Waals surface area contributed by atoms with Gasteiger partial charge in [0.1, 0.15) is 23.7 Å². The third kappa shape index (κ3) is 4.49. The zero-order valence-corrected chi connectivity index (χ0v) is 16.9. The molecule has 7 heteroatoms. The van der Waals surface area contributed by atoms with Gasteiger partial charge in [0.25, 0.3) is 0 Å². The second-order valence-corrected chi connectivity index (χ2v) is 8.28. The molecule has 0 saturated carbocycles. The molecule has 6 atom stereocenters. The monoisotopic (exact) mass is 416 g/mol. The Labute approximate surface area is 174 Å². The van der Waals surface area contributed by atoms with E-state index in [4.69, 9.17) is 18.9 Å². The molecule has 4 rings (SSSR count). The van der Waals surface area contributed by atoms with Crippen LogP contribution in [0.25, 0.3) is 0 Å². The molecule has 6 nitrogen and oxygen atoms in total. The summed E-state index contributed by atoms with van der Waals surface area (Å²) >= 11 is 1.48. The Hall–Kier alpha value is -1.90. The van der Waals surface area contributed by atoms with Crippen LogP contribution in [0.4, 0.5) is 0 Å². The Balaban J connectivity index is 1.51. The molecule has 2 aliphatic heterocycles. The van der Waals surface area contributed by atoms with Crippen molar-refractivity contribution < 1.29 is 28.8 Å². The van der Waals surface area contributed by atoms with Gasteiger partial charge in [-0.25, -0.2) is 4.79 Å². The normalized spacial score (nSPS) is 31.7. The second kappa shape index (κ2) is 9.28. The van der Waals surface area contributed by atoms with Crippen LogP contribution in [0.2, 0.25) is 0 Å². The fourth-order valence-electron chi connectivity index (χ4n) is 3.54. The molecule has 0 aliphatic carbocycles.